The van der Waals surface area contributed by atoms with Crippen molar-refractivity contribution in [3.05, 3.63) is 56.7 Å². The van der Waals surface area contributed by atoms with Gasteiger partial charge < -0.3 is 9.84 Å². The Labute approximate surface area is 145 Å². The van der Waals surface area contributed by atoms with Crippen molar-refractivity contribution in [3.63, 3.8) is 0 Å². The number of aromatic nitrogens is 2. The molecule has 0 atom stereocenters. The molecule has 0 spiro atoms. The van der Waals surface area contributed by atoms with Gasteiger partial charge in [0.15, 0.2) is 5.82 Å². The van der Waals surface area contributed by atoms with Gasteiger partial charge in [-0.1, -0.05) is 12.1 Å². The molecule has 1 amide bonds. The lowest BCUT2D eigenvalue weighted by Gasteiger charge is -2.06. The molecule has 0 aliphatic rings. The van der Waals surface area contributed by atoms with Crippen molar-refractivity contribution in [1.29, 1.82) is 0 Å². The van der Waals surface area contributed by atoms with E-state index in [1.54, 1.807) is 11.3 Å². The van der Waals surface area contributed by atoms with Gasteiger partial charge in [0, 0.05) is 27.2 Å². The van der Waals surface area contributed by atoms with Crippen LogP contribution in [-0.2, 0) is 13.0 Å². The first-order valence-corrected chi connectivity index (χ1v) is 8.79. The zero-order chi connectivity index (χ0) is 17.3. The van der Waals surface area contributed by atoms with Gasteiger partial charge in [0.25, 0.3) is 5.91 Å². The zero-order valence-electron chi connectivity index (χ0n) is 14.3. The number of nitrogens with one attached hydrogen (secondary N) is 1. The minimum Gasteiger partial charge on any atom is -0.360 e. The van der Waals surface area contributed by atoms with E-state index in [2.05, 4.69) is 29.5 Å². The molecule has 24 heavy (non-hydrogen) atoms. The van der Waals surface area contributed by atoms with E-state index in [4.69, 9.17) is 4.52 Å². The average molecular weight is 343 g/mol. The molecule has 3 aromatic heterocycles. The largest absolute Gasteiger partial charge is 0.360 e. The summed E-state index contributed by atoms with van der Waals surface area (Å²) in [5.41, 5.74) is 2.48. The maximum Gasteiger partial charge on any atom is 0.253 e. The van der Waals surface area contributed by atoms with Crippen molar-refractivity contribution in [2.45, 2.75) is 40.7 Å². The van der Waals surface area contributed by atoms with E-state index in [0.717, 1.165) is 23.6 Å². The van der Waals surface area contributed by atoms with Crippen LogP contribution in [-0.4, -0.2) is 15.6 Å². The summed E-state index contributed by atoms with van der Waals surface area (Å²) in [6.45, 7) is 8.42. The second kappa shape index (κ2) is 6.65. The highest BCUT2D eigenvalue weighted by molar-refractivity contribution is 7.11. The third kappa shape index (κ3) is 3.14. The van der Waals surface area contributed by atoms with Gasteiger partial charge >= 0.3 is 0 Å². The van der Waals surface area contributed by atoms with Gasteiger partial charge in [0.1, 0.15) is 5.76 Å². The van der Waals surface area contributed by atoms with Gasteiger partial charge in [-0.05, 0) is 45.4 Å². The highest BCUT2D eigenvalue weighted by Crippen LogP contribution is 2.21. The van der Waals surface area contributed by atoms with Crippen LogP contribution >= 0.6 is 11.3 Å². The van der Waals surface area contributed by atoms with Gasteiger partial charge in [-0.15, -0.1) is 11.3 Å². The van der Waals surface area contributed by atoms with Crippen LogP contribution in [0.25, 0.3) is 5.82 Å². The van der Waals surface area contributed by atoms with E-state index in [1.165, 1.54) is 9.75 Å². The van der Waals surface area contributed by atoms with Crippen LogP contribution in [0.15, 0.2) is 28.8 Å². The van der Waals surface area contributed by atoms with Gasteiger partial charge in [-0.3, -0.25) is 9.36 Å². The Hall–Kier alpha value is -2.34. The Morgan fingerprint density at radius 2 is 2.00 bits per heavy atom. The number of hydrogen-bond acceptors (Lipinski definition) is 4. The minimum absolute atomic E-state index is 0.0685. The smallest absolute Gasteiger partial charge is 0.253 e. The molecule has 0 unspecified atom stereocenters. The number of rotatable bonds is 5. The topological polar surface area (TPSA) is 60.1 Å². The summed E-state index contributed by atoms with van der Waals surface area (Å²) in [5.74, 6) is 1.38. The summed E-state index contributed by atoms with van der Waals surface area (Å²) >= 11 is 1.74. The standard InChI is InChI=1S/C18H21N3O2S/c1-5-14-6-7-15(24-14)10-19-18(22)16-8-11(2)21(13(16)4)17-9-12(3)23-20-17/h6-9H,5,10H2,1-4H3,(H,19,22). The second-order valence-corrected chi connectivity index (χ2v) is 7.07. The molecule has 3 aromatic rings. The molecule has 0 aromatic carbocycles. The Kier molecular flexibility index (Phi) is 4.57. The van der Waals surface area contributed by atoms with E-state index in [-0.39, 0.29) is 5.91 Å². The van der Waals surface area contributed by atoms with E-state index in [9.17, 15) is 4.79 Å². The lowest BCUT2D eigenvalue weighted by atomic mass is 10.2. The van der Waals surface area contributed by atoms with Crippen LogP contribution in [0.4, 0.5) is 0 Å². The summed E-state index contributed by atoms with van der Waals surface area (Å²) < 4.78 is 7.08. The SMILES string of the molecule is CCc1ccc(CNC(=O)c2cc(C)n(-c3cc(C)on3)c2C)s1. The van der Waals surface area contributed by atoms with Crippen LogP contribution in [0.5, 0.6) is 0 Å². The lowest BCUT2D eigenvalue weighted by Crippen LogP contribution is -2.22. The van der Waals surface area contributed by atoms with Gasteiger partial charge in [-0.25, -0.2) is 0 Å². The van der Waals surface area contributed by atoms with Gasteiger partial charge in [0.05, 0.1) is 12.1 Å². The summed E-state index contributed by atoms with van der Waals surface area (Å²) in [7, 11) is 0. The maximum atomic E-state index is 12.6. The summed E-state index contributed by atoms with van der Waals surface area (Å²) in [6.07, 6.45) is 1.02. The predicted octanol–water partition coefficient (Wildman–Crippen LogP) is 3.94. The summed E-state index contributed by atoms with van der Waals surface area (Å²) in [4.78, 5) is 15.1. The molecule has 0 aliphatic carbocycles. The van der Waals surface area contributed by atoms with Crippen LogP contribution in [0, 0.1) is 20.8 Å². The van der Waals surface area contributed by atoms with E-state index in [0.29, 0.717) is 17.9 Å². The van der Waals surface area contributed by atoms with Crippen molar-refractivity contribution < 1.29 is 9.32 Å². The number of aryl methyl sites for hydroxylation is 3. The number of hydrogen-bond donors (Lipinski definition) is 1. The van der Waals surface area contributed by atoms with Crippen LogP contribution in [0.2, 0.25) is 0 Å². The Morgan fingerprint density at radius 3 is 2.62 bits per heavy atom. The molecule has 0 fully saturated rings. The quantitative estimate of drug-likeness (QED) is 0.763. The Balaban J connectivity index is 1.78. The second-order valence-electron chi connectivity index (χ2n) is 5.82. The lowest BCUT2D eigenvalue weighted by molar-refractivity contribution is 0.0950. The number of nitrogens with zero attached hydrogens (tertiary/aromatic N) is 2. The number of carbonyl (C=O) groups excluding carboxylic acids is 1. The van der Waals surface area contributed by atoms with Crippen molar-refractivity contribution in [3.8, 4) is 5.82 Å². The van der Waals surface area contributed by atoms with Crippen molar-refractivity contribution >= 4 is 17.2 Å². The van der Waals surface area contributed by atoms with Crippen molar-refractivity contribution in [1.82, 2.24) is 15.0 Å². The van der Waals surface area contributed by atoms with Crippen LogP contribution < -0.4 is 5.32 Å². The third-order valence-electron chi connectivity index (χ3n) is 4.01. The molecule has 0 saturated carbocycles. The van der Waals surface area contributed by atoms with Crippen molar-refractivity contribution in [2.75, 3.05) is 0 Å². The van der Waals surface area contributed by atoms with Gasteiger partial charge in [0.2, 0.25) is 0 Å². The molecule has 1 N–H and O–H groups in total. The molecule has 0 radical (unpaired) electrons. The fraction of sp³-hybridized carbons (Fsp3) is 0.333. The Bertz CT molecular complexity index is 873. The first-order valence-electron chi connectivity index (χ1n) is 7.98. The normalized spacial score (nSPS) is 11.0. The predicted molar refractivity (Wildman–Crippen MR) is 94.9 cm³/mol. The molecule has 3 rings (SSSR count). The summed E-state index contributed by atoms with van der Waals surface area (Å²) in [6, 6.07) is 7.94. The first kappa shape index (κ1) is 16.5. The fourth-order valence-electron chi connectivity index (χ4n) is 2.77. The molecule has 3 heterocycles. The first-order chi connectivity index (χ1) is 11.5. The number of amides is 1. The number of carbonyl (C=O) groups is 1. The molecular weight excluding hydrogens is 322 g/mol. The molecule has 126 valence electrons. The monoisotopic (exact) mass is 343 g/mol. The molecular formula is C18H21N3O2S. The summed E-state index contributed by atoms with van der Waals surface area (Å²) in [5, 5.41) is 7.05. The molecule has 6 heteroatoms. The van der Waals surface area contributed by atoms with E-state index < -0.39 is 0 Å². The highest BCUT2D eigenvalue weighted by atomic mass is 32.1. The molecule has 0 bridgehead atoms. The zero-order valence-corrected chi connectivity index (χ0v) is 15.2. The Morgan fingerprint density at radius 1 is 1.25 bits per heavy atom. The molecule has 0 saturated heterocycles. The molecule has 0 aliphatic heterocycles. The highest BCUT2D eigenvalue weighted by Gasteiger charge is 2.18. The van der Waals surface area contributed by atoms with Crippen LogP contribution in [0.3, 0.4) is 0 Å². The molecule has 5 nitrogen and oxygen atoms in total. The van der Waals surface area contributed by atoms with Crippen LogP contribution in [0.1, 0.15) is 44.2 Å². The third-order valence-corrected chi connectivity index (χ3v) is 5.24. The van der Waals surface area contributed by atoms with Gasteiger partial charge in [-0.2, -0.15) is 0 Å². The van der Waals surface area contributed by atoms with Crippen molar-refractivity contribution in [2.24, 2.45) is 0 Å². The maximum absolute atomic E-state index is 12.6. The van der Waals surface area contributed by atoms with E-state index >= 15 is 0 Å². The number of thiophene rings is 1. The van der Waals surface area contributed by atoms with E-state index in [1.807, 2.05) is 37.5 Å². The fourth-order valence-corrected chi connectivity index (χ4v) is 3.67. The average Bonchev–Trinajstić information content (AvgIpc) is 3.25. The minimum atomic E-state index is -0.0685.